The fraction of sp³-hybridized carbons (Fsp3) is 0.250. The van der Waals surface area contributed by atoms with Crippen LogP contribution in [0.1, 0.15) is 5.76 Å². The van der Waals surface area contributed by atoms with E-state index in [1.54, 1.807) is 0 Å². The maximum absolute atomic E-state index is 12.1. The quantitative estimate of drug-likeness (QED) is 0.812. The number of hydrogen-bond acceptors (Lipinski definition) is 7. The summed E-state index contributed by atoms with van der Waals surface area (Å²) in [5.74, 6) is 0.528. The number of rotatable bonds is 6. The molecular formula is C12H14N2O6S2. The van der Waals surface area contributed by atoms with E-state index in [-0.39, 0.29) is 28.0 Å². The molecule has 2 rings (SSSR count). The second-order valence-corrected chi connectivity index (χ2v) is 8.19. The second kappa shape index (κ2) is 6.07. The molecule has 0 radical (unpaired) electrons. The largest absolute Gasteiger partial charge is 0.479 e. The number of nitrogens with zero attached hydrogens (tertiary/aromatic N) is 1. The SMILES string of the molecule is COc1cc(CNS(=O)(=O)c2ccc(S(C)(=O)=O)cc2)on1. The predicted molar refractivity (Wildman–Crippen MR) is 76.6 cm³/mol. The van der Waals surface area contributed by atoms with Crippen molar-refractivity contribution in [3.63, 3.8) is 0 Å². The highest BCUT2D eigenvalue weighted by Crippen LogP contribution is 2.15. The monoisotopic (exact) mass is 346 g/mol. The number of benzene rings is 1. The highest BCUT2D eigenvalue weighted by molar-refractivity contribution is 7.90. The molecule has 8 nitrogen and oxygen atoms in total. The summed E-state index contributed by atoms with van der Waals surface area (Å²) < 4.78 is 58.9. The summed E-state index contributed by atoms with van der Waals surface area (Å²) in [7, 11) is -5.75. The summed E-state index contributed by atoms with van der Waals surface area (Å²) in [6.45, 7) is -0.105. The summed E-state index contributed by atoms with van der Waals surface area (Å²) in [6, 6.07) is 6.37. The van der Waals surface area contributed by atoms with Crippen LogP contribution in [0.3, 0.4) is 0 Å². The van der Waals surface area contributed by atoms with Gasteiger partial charge in [0.2, 0.25) is 10.0 Å². The average Bonchev–Trinajstić information content (AvgIpc) is 2.93. The molecule has 2 aromatic rings. The number of sulfonamides is 1. The smallest absolute Gasteiger partial charge is 0.254 e. The molecule has 0 spiro atoms. The number of methoxy groups -OCH3 is 1. The molecule has 0 fully saturated rings. The minimum atomic E-state index is -3.79. The Labute approximate surface area is 128 Å². The number of sulfone groups is 1. The summed E-state index contributed by atoms with van der Waals surface area (Å²) in [5.41, 5.74) is 0. The van der Waals surface area contributed by atoms with Crippen LogP contribution in [0.2, 0.25) is 0 Å². The van der Waals surface area contributed by atoms with Crippen LogP contribution >= 0.6 is 0 Å². The topological polar surface area (TPSA) is 116 Å². The highest BCUT2D eigenvalue weighted by Gasteiger charge is 2.16. The average molecular weight is 346 g/mol. The molecule has 1 aromatic carbocycles. The first kappa shape index (κ1) is 16.5. The molecule has 1 aromatic heterocycles. The van der Waals surface area contributed by atoms with Gasteiger partial charge in [0.05, 0.1) is 23.4 Å². The third-order valence-electron chi connectivity index (χ3n) is 2.75. The Kier molecular flexibility index (Phi) is 4.54. The van der Waals surface area contributed by atoms with Crippen LogP contribution in [-0.4, -0.2) is 35.4 Å². The van der Waals surface area contributed by atoms with Crippen molar-refractivity contribution in [3.8, 4) is 5.88 Å². The molecule has 22 heavy (non-hydrogen) atoms. The normalized spacial score (nSPS) is 12.3. The van der Waals surface area contributed by atoms with Gasteiger partial charge in [-0.1, -0.05) is 0 Å². The molecule has 0 aliphatic carbocycles. The Morgan fingerprint density at radius 2 is 1.73 bits per heavy atom. The van der Waals surface area contributed by atoms with E-state index in [0.29, 0.717) is 0 Å². The zero-order chi connectivity index (χ0) is 16.4. The van der Waals surface area contributed by atoms with Crippen molar-refractivity contribution < 1.29 is 26.1 Å². The van der Waals surface area contributed by atoms with Crippen LogP contribution in [0.25, 0.3) is 0 Å². The summed E-state index contributed by atoms with van der Waals surface area (Å²) in [5, 5.41) is 3.55. The van der Waals surface area contributed by atoms with E-state index in [4.69, 9.17) is 9.26 Å². The Balaban J connectivity index is 2.13. The lowest BCUT2D eigenvalue weighted by Crippen LogP contribution is -2.23. The predicted octanol–water partition coefficient (Wildman–Crippen LogP) is 0.565. The molecule has 1 N–H and O–H groups in total. The molecule has 1 heterocycles. The van der Waals surface area contributed by atoms with Gasteiger partial charge in [0.25, 0.3) is 5.88 Å². The van der Waals surface area contributed by atoms with Gasteiger partial charge >= 0.3 is 0 Å². The third kappa shape index (κ3) is 3.84. The van der Waals surface area contributed by atoms with E-state index in [1.165, 1.54) is 37.4 Å². The lowest BCUT2D eigenvalue weighted by atomic mass is 10.4. The van der Waals surface area contributed by atoms with Crippen molar-refractivity contribution in [3.05, 3.63) is 36.1 Å². The lowest BCUT2D eigenvalue weighted by Gasteiger charge is -2.05. The van der Waals surface area contributed by atoms with Gasteiger partial charge in [-0.05, 0) is 29.4 Å². The van der Waals surface area contributed by atoms with Crippen molar-refractivity contribution in [1.82, 2.24) is 9.88 Å². The van der Waals surface area contributed by atoms with Crippen molar-refractivity contribution >= 4 is 19.9 Å². The van der Waals surface area contributed by atoms with Crippen LogP contribution < -0.4 is 9.46 Å². The molecule has 120 valence electrons. The van der Waals surface area contributed by atoms with Gasteiger partial charge in [-0.2, -0.15) is 0 Å². The number of hydrogen-bond donors (Lipinski definition) is 1. The van der Waals surface area contributed by atoms with Gasteiger partial charge in [0.15, 0.2) is 15.6 Å². The zero-order valence-corrected chi connectivity index (χ0v) is 13.4. The van der Waals surface area contributed by atoms with E-state index >= 15 is 0 Å². The maximum atomic E-state index is 12.1. The van der Waals surface area contributed by atoms with E-state index < -0.39 is 19.9 Å². The summed E-state index contributed by atoms with van der Waals surface area (Å²) in [4.78, 5) is -0.00204. The van der Waals surface area contributed by atoms with Gasteiger partial charge in [-0.3, -0.25) is 0 Å². The van der Waals surface area contributed by atoms with Gasteiger partial charge in [0.1, 0.15) is 0 Å². The third-order valence-corrected chi connectivity index (χ3v) is 5.29. The molecule has 0 atom stereocenters. The van der Waals surface area contributed by atoms with E-state index in [0.717, 1.165) is 6.26 Å². The standard InChI is InChI=1S/C12H14N2O6S2/c1-19-12-7-9(20-14-12)8-13-22(17,18)11-5-3-10(4-6-11)21(2,15)16/h3-7,13H,8H2,1-2H3. The van der Waals surface area contributed by atoms with Crippen molar-refractivity contribution in [2.75, 3.05) is 13.4 Å². The first-order valence-electron chi connectivity index (χ1n) is 6.02. The second-order valence-electron chi connectivity index (χ2n) is 4.40. The number of aromatic nitrogens is 1. The molecular weight excluding hydrogens is 332 g/mol. The molecule has 0 bridgehead atoms. The maximum Gasteiger partial charge on any atom is 0.254 e. The Bertz CT molecular complexity index is 853. The van der Waals surface area contributed by atoms with Crippen LogP contribution in [0.5, 0.6) is 5.88 Å². The van der Waals surface area contributed by atoms with E-state index in [2.05, 4.69) is 9.88 Å². The molecule has 0 aliphatic heterocycles. The van der Waals surface area contributed by atoms with Gasteiger partial charge in [0, 0.05) is 12.3 Å². The minimum absolute atomic E-state index is 0.0476. The van der Waals surface area contributed by atoms with E-state index in [9.17, 15) is 16.8 Å². The Morgan fingerprint density at radius 1 is 1.14 bits per heavy atom. The highest BCUT2D eigenvalue weighted by atomic mass is 32.2. The van der Waals surface area contributed by atoms with Gasteiger partial charge in [-0.25, -0.2) is 21.6 Å². The first-order valence-corrected chi connectivity index (χ1v) is 9.39. The van der Waals surface area contributed by atoms with Crippen molar-refractivity contribution in [1.29, 1.82) is 0 Å². The van der Waals surface area contributed by atoms with Crippen molar-refractivity contribution in [2.45, 2.75) is 16.3 Å². The van der Waals surface area contributed by atoms with E-state index in [1.807, 2.05) is 0 Å². The zero-order valence-electron chi connectivity index (χ0n) is 11.8. The van der Waals surface area contributed by atoms with Crippen molar-refractivity contribution in [2.24, 2.45) is 0 Å². The van der Waals surface area contributed by atoms with Crippen LogP contribution in [0.4, 0.5) is 0 Å². The lowest BCUT2D eigenvalue weighted by molar-refractivity contribution is 0.325. The summed E-state index contributed by atoms with van der Waals surface area (Å²) >= 11 is 0. The summed E-state index contributed by atoms with van der Waals surface area (Å²) in [6.07, 6.45) is 1.05. The molecule has 0 unspecified atom stereocenters. The Hall–Kier alpha value is -1.91. The first-order chi connectivity index (χ1) is 10.2. The molecule has 10 heteroatoms. The molecule has 0 saturated heterocycles. The molecule has 0 aliphatic rings. The fourth-order valence-corrected chi connectivity index (χ4v) is 3.21. The fourth-order valence-electron chi connectivity index (χ4n) is 1.59. The van der Waals surface area contributed by atoms with Crippen LogP contribution in [0, 0.1) is 0 Å². The van der Waals surface area contributed by atoms with Gasteiger partial charge < -0.3 is 9.26 Å². The van der Waals surface area contributed by atoms with Crippen LogP contribution in [-0.2, 0) is 26.4 Å². The van der Waals surface area contributed by atoms with Crippen LogP contribution in [0.15, 0.2) is 44.6 Å². The molecule has 0 saturated carbocycles. The minimum Gasteiger partial charge on any atom is -0.479 e. The molecule has 0 amide bonds. The number of ether oxygens (including phenoxy) is 1. The number of nitrogens with one attached hydrogen (secondary N) is 1. The Morgan fingerprint density at radius 3 is 2.23 bits per heavy atom. The van der Waals surface area contributed by atoms with Gasteiger partial charge in [-0.15, -0.1) is 0 Å².